The monoisotopic (exact) mass is 276 g/mol. The molecule has 0 radical (unpaired) electrons. The van der Waals surface area contributed by atoms with Crippen LogP contribution in [0.5, 0.6) is 11.5 Å². The molecule has 0 aromatic heterocycles. The van der Waals surface area contributed by atoms with E-state index in [0.717, 1.165) is 22.9 Å². The summed E-state index contributed by atoms with van der Waals surface area (Å²) < 4.78 is 11.2. The summed E-state index contributed by atoms with van der Waals surface area (Å²) in [6, 6.07) is 4.31. The third kappa shape index (κ3) is 2.51. The van der Waals surface area contributed by atoms with E-state index in [4.69, 9.17) is 15.2 Å². The predicted octanol–water partition coefficient (Wildman–Crippen LogP) is 3.42. The lowest BCUT2D eigenvalue weighted by Gasteiger charge is -2.40. The maximum atomic E-state index is 6.15. The van der Waals surface area contributed by atoms with E-state index in [9.17, 15) is 0 Å². The van der Waals surface area contributed by atoms with Crippen molar-refractivity contribution in [1.29, 1.82) is 0 Å². The van der Waals surface area contributed by atoms with Crippen molar-refractivity contribution in [1.82, 2.24) is 0 Å². The van der Waals surface area contributed by atoms with Gasteiger partial charge in [0.2, 0.25) is 0 Å². The molecule has 0 spiro atoms. The third-order valence-corrected chi connectivity index (χ3v) is 4.55. The number of hydrogen-bond donors (Lipinski definition) is 2. The number of hydrogen-bond acceptors (Lipinski definition) is 4. The Bertz CT molecular complexity index is 499. The second-order valence-corrected chi connectivity index (χ2v) is 6.51. The molecule has 1 aromatic carbocycles. The zero-order valence-electron chi connectivity index (χ0n) is 12.4. The zero-order valence-corrected chi connectivity index (χ0v) is 12.4. The van der Waals surface area contributed by atoms with Crippen molar-refractivity contribution in [2.75, 3.05) is 24.3 Å². The topological polar surface area (TPSA) is 56.5 Å². The van der Waals surface area contributed by atoms with E-state index in [2.05, 4.69) is 19.2 Å². The molecule has 110 valence electrons. The molecule has 1 fully saturated rings. The Kier molecular flexibility index (Phi) is 3.40. The Labute approximate surface area is 120 Å². The third-order valence-electron chi connectivity index (χ3n) is 4.55. The molecule has 0 amide bonds. The summed E-state index contributed by atoms with van der Waals surface area (Å²) >= 11 is 0. The molecule has 1 aliphatic heterocycles. The van der Waals surface area contributed by atoms with Crippen molar-refractivity contribution < 1.29 is 9.47 Å². The lowest BCUT2D eigenvalue weighted by molar-refractivity contribution is 0.171. The largest absolute Gasteiger partial charge is 0.486 e. The van der Waals surface area contributed by atoms with E-state index in [0.29, 0.717) is 24.7 Å². The van der Waals surface area contributed by atoms with Crippen molar-refractivity contribution in [3.8, 4) is 11.5 Å². The van der Waals surface area contributed by atoms with E-state index in [1.807, 2.05) is 12.1 Å². The number of fused-ring (bicyclic) bond motifs is 1. The van der Waals surface area contributed by atoms with Crippen molar-refractivity contribution in [3.63, 3.8) is 0 Å². The first-order chi connectivity index (χ1) is 9.56. The van der Waals surface area contributed by atoms with E-state index in [-0.39, 0.29) is 0 Å². The quantitative estimate of drug-likeness (QED) is 0.813. The summed E-state index contributed by atoms with van der Waals surface area (Å²) in [6.07, 6.45) is 5.06. The van der Waals surface area contributed by atoms with E-state index < -0.39 is 0 Å². The van der Waals surface area contributed by atoms with Gasteiger partial charge in [0, 0.05) is 18.2 Å². The summed E-state index contributed by atoms with van der Waals surface area (Å²) in [5.41, 5.74) is 8.15. The maximum Gasteiger partial charge on any atom is 0.163 e. The average molecular weight is 276 g/mol. The van der Waals surface area contributed by atoms with Gasteiger partial charge in [0.05, 0.1) is 11.4 Å². The summed E-state index contributed by atoms with van der Waals surface area (Å²) in [5.74, 6) is 1.55. The molecule has 1 saturated carbocycles. The Hall–Kier alpha value is -1.58. The fraction of sp³-hybridized carbons (Fsp3) is 0.625. The van der Waals surface area contributed by atoms with Crippen LogP contribution in [0.25, 0.3) is 0 Å². The molecule has 4 heteroatoms. The minimum Gasteiger partial charge on any atom is -0.486 e. The molecule has 20 heavy (non-hydrogen) atoms. The molecular formula is C16H24N2O2. The number of anilines is 2. The highest BCUT2D eigenvalue weighted by molar-refractivity contribution is 5.72. The lowest BCUT2D eigenvalue weighted by atomic mass is 9.73. The van der Waals surface area contributed by atoms with Crippen LogP contribution in [0.1, 0.15) is 39.5 Å². The Balaban J connectivity index is 1.83. The highest BCUT2D eigenvalue weighted by atomic mass is 16.6. The van der Waals surface area contributed by atoms with Crippen molar-refractivity contribution in [3.05, 3.63) is 12.1 Å². The van der Waals surface area contributed by atoms with Crippen LogP contribution in [0.3, 0.4) is 0 Å². The van der Waals surface area contributed by atoms with Gasteiger partial charge < -0.3 is 20.5 Å². The molecule has 4 nitrogen and oxygen atoms in total. The minimum atomic E-state index is 0.304. The second-order valence-electron chi connectivity index (χ2n) is 6.51. The van der Waals surface area contributed by atoms with Gasteiger partial charge in [0.1, 0.15) is 13.2 Å². The van der Waals surface area contributed by atoms with Crippen molar-refractivity contribution in [2.45, 2.75) is 45.6 Å². The van der Waals surface area contributed by atoms with Gasteiger partial charge in [-0.3, -0.25) is 0 Å². The lowest BCUT2D eigenvalue weighted by Crippen LogP contribution is -2.39. The Morgan fingerprint density at radius 1 is 1.15 bits per heavy atom. The van der Waals surface area contributed by atoms with Crippen LogP contribution < -0.4 is 20.5 Å². The first kappa shape index (κ1) is 13.4. The van der Waals surface area contributed by atoms with Crippen LogP contribution in [0.15, 0.2) is 12.1 Å². The standard InChI is InChI=1S/C16H24N2O2/c1-16(2)6-4-3-5-15(16)18-12-10-14-13(9-11(12)17)19-7-8-20-14/h9-10,15,18H,3-8,17H2,1-2H3. The molecule has 1 aromatic rings. The molecule has 1 atom stereocenters. The second kappa shape index (κ2) is 5.08. The van der Waals surface area contributed by atoms with Gasteiger partial charge in [-0.2, -0.15) is 0 Å². The van der Waals surface area contributed by atoms with Gasteiger partial charge in [-0.1, -0.05) is 26.7 Å². The number of benzene rings is 1. The molecule has 2 aliphatic rings. The first-order valence-electron chi connectivity index (χ1n) is 7.52. The Morgan fingerprint density at radius 3 is 2.55 bits per heavy atom. The molecular weight excluding hydrogens is 252 g/mol. The molecule has 1 unspecified atom stereocenters. The van der Waals surface area contributed by atoms with E-state index in [1.165, 1.54) is 25.7 Å². The van der Waals surface area contributed by atoms with Crippen LogP contribution in [-0.2, 0) is 0 Å². The zero-order chi connectivity index (χ0) is 14.2. The smallest absolute Gasteiger partial charge is 0.163 e. The molecule has 0 bridgehead atoms. The molecule has 1 aliphatic carbocycles. The number of ether oxygens (including phenoxy) is 2. The maximum absolute atomic E-state index is 6.15. The highest BCUT2D eigenvalue weighted by Gasteiger charge is 2.32. The van der Waals surface area contributed by atoms with Gasteiger partial charge in [0.15, 0.2) is 11.5 Å². The predicted molar refractivity (Wildman–Crippen MR) is 81.5 cm³/mol. The summed E-state index contributed by atoms with van der Waals surface area (Å²) in [6.45, 7) is 5.86. The van der Waals surface area contributed by atoms with Crippen LogP contribution >= 0.6 is 0 Å². The van der Waals surface area contributed by atoms with Gasteiger partial charge in [-0.15, -0.1) is 0 Å². The normalized spacial score (nSPS) is 24.2. The average Bonchev–Trinajstić information content (AvgIpc) is 2.41. The number of nitrogen functional groups attached to an aromatic ring is 1. The van der Waals surface area contributed by atoms with Gasteiger partial charge in [-0.05, 0) is 18.3 Å². The fourth-order valence-corrected chi connectivity index (χ4v) is 3.18. The molecule has 3 rings (SSSR count). The van der Waals surface area contributed by atoms with Gasteiger partial charge in [0.25, 0.3) is 0 Å². The van der Waals surface area contributed by atoms with Gasteiger partial charge >= 0.3 is 0 Å². The molecule has 0 saturated heterocycles. The van der Waals surface area contributed by atoms with E-state index in [1.54, 1.807) is 0 Å². The number of nitrogens with one attached hydrogen (secondary N) is 1. The van der Waals surface area contributed by atoms with Crippen LogP contribution in [0, 0.1) is 5.41 Å². The van der Waals surface area contributed by atoms with E-state index >= 15 is 0 Å². The van der Waals surface area contributed by atoms with Crippen LogP contribution in [-0.4, -0.2) is 19.3 Å². The van der Waals surface area contributed by atoms with Crippen molar-refractivity contribution >= 4 is 11.4 Å². The summed E-state index contributed by atoms with van der Waals surface area (Å²) in [5, 5.41) is 3.63. The van der Waals surface area contributed by atoms with Crippen LogP contribution in [0.4, 0.5) is 11.4 Å². The fourth-order valence-electron chi connectivity index (χ4n) is 3.18. The molecule has 3 N–H and O–H groups in total. The summed E-state index contributed by atoms with van der Waals surface area (Å²) in [7, 11) is 0. The Morgan fingerprint density at radius 2 is 1.85 bits per heavy atom. The number of rotatable bonds is 2. The summed E-state index contributed by atoms with van der Waals surface area (Å²) in [4.78, 5) is 0. The molecule has 1 heterocycles. The number of nitrogens with two attached hydrogens (primary N) is 1. The first-order valence-corrected chi connectivity index (χ1v) is 7.52. The minimum absolute atomic E-state index is 0.304. The highest BCUT2D eigenvalue weighted by Crippen LogP contribution is 2.41. The van der Waals surface area contributed by atoms with Crippen molar-refractivity contribution in [2.24, 2.45) is 5.41 Å². The van der Waals surface area contributed by atoms with Crippen LogP contribution in [0.2, 0.25) is 0 Å². The SMILES string of the molecule is CC1(C)CCCCC1Nc1cc2c(cc1N)OCCO2. The van der Waals surface area contributed by atoms with Gasteiger partial charge in [-0.25, -0.2) is 0 Å².